The molecule has 8 nitrogen and oxygen atoms in total. The Balaban J connectivity index is 2.25. The molecule has 0 spiro atoms. The Morgan fingerprint density at radius 3 is 2.17 bits per heavy atom. The van der Waals surface area contributed by atoms with Crippen molar-refractivity contribution in [2.75, 3.05) is 30.2 Å². The molecule has 0 bridgehead atoms. The summed E-state index contributed by atoms with van der Waals surface area (Å²) in [6.45, 7) is 6.30. The molecule has 0 saturated heterocycles. The van der Waals surface area contributed by atoms with Crippen LogP contribution in [-0.2, 0) is 14.8 Å². The van der Waals surface area contributed by atoms with Gasteiger partial charge >= 0.3 is 0 Å². The predicted molar refractivity (Wildman–Crippen MR) is 112 cm³/mol. The number of hydrogen-bond acceptors (Lipinski definition) is 5. The van der Waals surface area contributed by atoms with Gasteiger partial charge in [0, 0.05) is 31.3 Å². The third-order valence-corrected chi connectivity index (χ3v) is 5.61. The monoisotopic (exact) mass is 419 g/mol. The van der Waals surface area contributed by atoms with Gasteiger partial charge in [-0.25, -0.2) is 8.42 Å². The molecule has 2 N–H and O–H groups in total. The SMILES string of the molecule is CCN(CC)C(=O)c1ccc(NS(=O)(=O)c2ccc(OC)c(NC(C)=O)c2)cc1. The topological polar surface area (TPSA) is 105 Å². The molecule has 2 rings (SSSR count). The molecular weight excluding hydrogens is 394 g/mol. The number of carbonyl (C=O) groups is 2. The van der Waals surface area contributed by atoms with E-state index < -0.39 is 10.0 Å². The lowest BCUT2D eigenvalue weighted by atomic mass is 10.2. The Labute approximate surface area is 170 Å². The summed E-state index contributed by atoms with van der Waals surface area (Å²) >= 11 is 0. The molecule has 0 aliphatic rings. The summed E-state index contributed by atoms with van der Waals surface area (Å²) in [5.41, 5.74) is 1.05. The summed E-state index contributed by atoms with van der Waals surface area (Å²) in [5.74, 6) is -0.114. The lowest BCUT2D eigenvalue weighted by Gasteiger charge is -2.18. The second kappa shape index (κ2) is 9.42. The molecule has 9 heteroatoms. The molecule has 0 aliphatic carbocycles. The minimum absolute atomic E-state index is 0.0367. The Hall–Kier alpha value is -3.07. The number of ether oxygens (including phenoxy) is 1. The van der Waals surface area contributed by atoms with Gasteiger partial charge in [0.1, 0.15) is 5.75 Å². The Morgan fingerprint density at radius 1 is 1.03 bits per heavy atom. The van der Waals surface area contributed by atoms with E-state index in [1.54, 1.807) is 17.0 Å². The van der Waals surface area contributed by atoms with Gasteiger partial charge in [-0.2, -0.15) is 0 Å². The van der Waals surface area contributed by atoms with Crippen molar-refractivity contribution in [1.29, 1.82) is 0 Å². The first-order chi connectivity index (χ1) is 13.7. The maximum atomic E-state index is 12.7. The van der Waals surface area contributed by atoms with Gasteiger partial charge in [-0.1, -0.05) is 0 Å². The number of nitrogens with one attached hydrogen (secondary N) is 2. The van der Waals surface area contributed by atoms with Crippen LogP contribution in [0, 0.1) is 0 Å². The molecule has 0 radical (unpaired) electrons. The molecule has 0 heterocycles. The van der Waals surface area contributed by atoms with Crippen molar-refractivity contribution < 1.29 is 22.7 Å². The molecule has 0 unspecified atom stereocenters. The van der Waals surface area contributed by atoms with E-state index in [0.717, 1.165) is 0 Å². The number of nitrogens with zero attached hydrogens (tertiary/aromatic N) is 1. The van der Waals surface area contributed by atoms with Crippen LogP contribution in [0.1, 0.15) is 31.1 Å². The predicted octanol–water partition coefficient (Wildman–Crippen LogP) is 2.94. The highest BCUT2D eigenvalue weighted by atomic mass is 32.2. The van der Waals surface area contributed by atoms with E-state index in [1.807, 2.05) is 13.8 Å². The number of sulfonamides is 1. The average Bonchev–Trinajstić information content (AvgIpc) is 2.68. The minimum Gasteiger partial charge on any atom is -0.495 e. The highest BCUT2D eigenvalue weighted by Crippen LogP contribution is 2.28. The van der Waals surface area contributed by atoms with Crippen LogP contribution >= 0.6 is 0 Å². The Bertz CT molecular complexity index is 984. The molecule has 2 aromatic rings. The molecule has 0 aliphatic heterocycles. The Kier molecular flexibility index (Phi) is 7.22. The first-order valence-electron chi connectivity index (χ1n) is 9.09. The van der Waals surface area contributed by atoms with E-state index in [9.17, 15) is 18.0 Å². The summed E-state index contributed by atoms with van der Waals surface area (Å²) in [6.07, 6.45) is 0. The highest BCUT2D eigenvalue weighted by molar-refractivity contribution is 7.92. The van der Waals surface area contributed by atoms with E-state index in [0.29, 0.717) is 30.1 Å². The zero-order valence-electron chi connectivity index (χ0n) is 16.9. The fourth-order valence-corrected chi connectivity index (χ4v) is 3.81. The first kappa shape index (κ1) is 22.2. The van der Waals surface area contributed by atoms with Crippen LogP contribution in [-0.4, -0.2) is 45.3 Å². The quantitative estimate of drug-likeness (QED) is 0.684. The number of methoxy groups -OCH3 is 1. The van der Waals surface area contributed by atoms with Crippen molar-refractivity contribution >= 4 is 33.2 Å². The van der Waals surface area contributed by atoms with Crippen molar-refractivity contribution in [2.45, 2.75) is 25.7 Å². The van der Waals surface area contributed by atoms with Crippen LogP contribution in [0.4, 0.5) is 11.4 Å². The van der Waals surface area contributed by atoms with Crippen molar-refractivity contribution in [3.8, 4) is 5.75 Å². The smallest absolute Gasteiger partial charge is 0.261 e. The third kappa shape index (κ3) is 5.47. The Morgan fingerprint density at radius 2 is 1.66 bits per heavy atom. The van der Waals surface area contributed by atoms with Gasteiger partial charge in [0.25, 0.3) is 15.9 Å². The van der Waals surface area contributed by atoms with Crippen LogP contribution in [0.15, 0.2) is 47.4 Å². The highest BCUT2D eigenvalue weighted by Gasteiger charge is 2.18. The van der Waals surface area contributed by atoms with Crippen LogP contribution in [0.2, 0.25) is 0 Å². The number of hydrogen-bond donors (Lipinski definition) is 2. The van der Waals surface area contributed by atoms with Crippen molar-refractivity contribution in [3.63, 3.8) is 0 Å². The average molecular weight is 420 g/mol. The van der Waals surface area contributed by atoms with Gasteiger partial charge in [-0.05, 0) is 56.3 Å². The normalized spacial score (nSPS) is 10.9. The fourth-order valence-electron chi connectivity index (χ4n) is 2.73. The number of amides is 2. The molecular formula is C20H25N3O5S. The van der Waals surface area contributed by atoms with E-state index in [-0.39, 0.29) is 22.4 Å². The standard InChI is InChI=1S/C20H25N3O5S/c1-5-23(6-2)20(25)15-7-9-16(10-8-15)22-29(26,27)17-11-12-19(28-4)18(13-17)21-14(3)24/h7-13,22H,5-6H2,1-4H3,(H,21,24). The zero-order valence-corrected chi connectivity index (χ0v) is 17.7. The summed E-state index contributed by atoms with van der Waals surface area (Å²) in [4.78, 5) is 25.3. The maximum Gasteiger partial charge on any atom is 0.261 e. The molecule has 0 fully saturated rings. The second-order valence-electron chi connectivity index (χ2n) is 6.20. The van der Waals surface area contributed by atoms with Crippen molar-refractivity contribution in [1.82, 2.24) is 4.90 Å². The lowest BCUT2D eigenvalue weighted by molar-refractivity contribution is -0.114. The van der Waals surface area contributed by atoms with Crippen LogP contribution in [0.25, 0.3) is 0 Å². The number of carbonyl (C=O) groups excluding carboxylic acids is 2. The number of benzene rings is 2. The first-order valence-corrected chi connectivity index (χ1v) is 10.6. The lowest BCUT2D eigenvalue weighted by Crippen LogP contribution is -2.30. The summed E-state index contributed by atoms with van der Waals surface area (Å²) < 4.78 is 33.0. The van der Waals surface area contributed by atoms with E-state index >= 15 is 0 Å². The second-order valence-corrected chi connectivity index (χ2v) is 7.89. The van der Waals surface area contributed by atoms with E-state index in [2.05, 4.69) is 10.0 Å². The molecule has 0 aromatic heterocycles. The van der Waals surface area contributed by atoms with Crippen LogP contribution in [0.3, 0.4) is 0 Å². The maximum absolute atomic E-state index is 12.7. The van der Waals surface area contributed by atoms with Crippen LogP contribution < -0.4 is 14.8 Å². The summed E-state index contributed by atoms with van der Waals surface area (Å²) in [5, 5.41) is 2.54. The van der Waals surface area contributed by atoms with Crippen LogP contribution in [0.5, 0.6) is 5.75 Å². The largest absolute Gasteiger partial charge is 0.495 e. The fraction of sp³-hybridized carbons (Fsp3) is 0.300. The molecule has 29 heavy (non-hydrogen) atoms. The molecule has 2 amide bonds. The van der Waals surface area contributed by atoms with E-state index in [4.69, 9.17) is 4.74 Å². The third-order valence-electron chi connectivity index (χ3n) is 4.23. The van der Waals surface area contributed by atoms with Crippen molar-refractivity contribution in [3.05, 3.63) is 48.0 Å². The molecule has 156 valence electrons. The molecule has 0 atom stereocenters. The van der Waals surface area contributed by atoms with Gasteiger partial charge in [-0.15, -0.1) is 0 Å². The number of rotatable bonds is 8. The van der Waals surface area contributed by atoms with Gasteiger partial charge in [0.05, 0.1) is 17.7 Å². The minimum atomic E-state index is -3.91. The summed E-state index contributed by atoms with van der Waals surface area (Å²) in [6, 6.07) is 10.4. The summed E-state index contributed by atoms with van der Waals surface area (Å²) in [7, 11) is -2.48. The van der Waals surface area contributed by atoms with Gasteiger partial charge in [0.15, 0.2) is 0 Å². The molecule has 2 aromatic carbocycles. The van der Waals surface area contributed by atoms with Crippen molar-refractivity contribution in [2.24, 2.45) is 0 Å². The number of anilines is 2. The van der Waals surface area contributed by atoms with Gasteiger partial charge in [-0.3, -0.25) is 14.3 Å². The molecule has 0 saturated carbocycles. The van der Waals surface area contributed by atoms with E-state index in [1.165, 1.54) is 44.4 Å². The van der Waals surface area contributed by atoms with Gasteiger partial charge < -0.3 is 15.0 Å². The zero-order chi connectivity index (χ0) is 21.6. The van der Waals surface area contributed by atoms with Gasteiger partial charge in [0.2, 0.25) is 5.91 Å².